The molecule has 126 valence electrons. The molecule has 0 radical (unpaired) electrons. The van der Waals surface area contributed by atoms with E-state index in [-0.39, 0.29) is 11.2 Å². The lowest BCUT2D eigenvalue weighted by atomic mass is 9.72. The molecule has 1 aromatic carbocycles. The van der Waals surface area contributed by atoms with E-state index in [1.807, 2.05) is 19.9 Å². The first-order valence-electron chi connectivity index (χ1n) is 8.60. The third-order valence-corrected chi connectivity index (χ3v) is 4.62. The van der Waals surface area contributed by atoms with E-state index < -0.39 is 6.29 Å². The molecule has 3 nitrogen and oxygen atoms in total. The zero-order valence-corrected chi connectivity index (χ0v) is 14.5. The van der Waals surface area contributed by atoms with Crippen LogP contribution in [0.25, 0.3) is 5.57 Å². The van der Waals surface area contributed by atoms with Gasteiger partial charge in [0.1, 0.15) is 5.78 Å². The second-order valence-electron chi connectivity index (χ2n) is 6.33. The number of benzene rings is 1. The maximum atomic E-state index is 12.7. The van der Waals surface area contributed by atoms with Gasteiger partial charge in [0.15, 0.2) is 6.29 Å². The largest absolute Gasteiger partial charge is 0.352 e. The molecular formula is C20H28O3. The molecule has 0 bridgehead atoms. The van der Waals surface area contributed by atoms with Gasteiger partial charge in [-0.2, -0.15) is 0 Å². The van der Waals surface area contributed by atoms with E-state index in [1.54, 1.807) is 0 Å². The van der Waals surface area contributed by atoms with Crippen LogP contribution in [0.5, 0.6) is 0 Å². The SMILES string of the molecule is CCOC(CC(=O)C1(C)CC=C(c2ccccc2)CC1)OCC. The van der Waals surface area contributed by atoms with Gasteiger partial charge in [-0.15, -0.1) is 0 Å². The van der Waals surface area contributed by atoms with Gasteiger partial charge in [0.25, 0.3) is 0 Å². The summed E-state index contributed by atoms with van der Waals surface area (Å²) < 4.78 is 11.0. The molecule has 1 aromatic rings. The molecular weight excluding hydrogens is 288 g/mol. The Morgan fingerprint density at radius 2 is 1.83 bits per heavy atom. The first-order chi connectivity index (χ1) is 11.1. The molecule has 0 aromatic heterocycles. The molecule has 1 unspecified atom stereocenters. The molecule has 1 atom stereocenters. The maximum absolute atomic E-state index is 12.7. The van der Waals surface area contributed by atoms with Gasteiger partial charge in [0.2, 0.25) is 0 Å². The molecule has 0 amide bonds. The molecule has 3 heteroatoms. The number of rotatable bonds is 8. The summed E-state index contributed by atoms with van der Waals surface area (Å²) in [7, 11) is 0. The average molecular weight is 316 g/mol. The average Bonchev–Trinajstić information content (AvgIpc) is 2.57. The molecule has 1 aliphatic carbocycles. The number of hydrogen-bond acceptors (Lipinski definition) is 3. The van der Waals surface area contributed by atoms with Crippen LogP contribution < -0.4 is 0 Å². The maximum Gasteiger partial charge on any atom is 0.164 e. The molecule has 23 heavy (non-hydrogen) atoms. The van der Waals surface area contributed by atoms with Crippen LogP contribution in [0, 0.1) is 5.41 Å². The number of ketones is 1. The van der Waals surface area contributed by atoms with Gasteiger partial charge < -0.3 is 9.47 Å². The Labute approximate surface area is 139 Å². The Morgan fingerprint density at radius 1 is 1.17 bits per heavy atom. The number of carbonyl (C=O) groups is 1. The minimum atomic E-state index is -0.408. The minimum Gasteiger partial charge on any atom is -0.352 e. The van der Waals surface area contributed by atoms with Gasteiger partial charge in [-0.3, -0.25) is 4.79 Å². The second-order valence-corrected chi connectivity index (χ2v) is 6.33. The van der Waals surface area contributed by atoms with Crippen LogP contribution in [0.2, 0.25) is 0 Å². The summed E-state index contributed by atoms with van der Waals surface area (Å²) in [4.78, 5) is 12.7. The van der Waals surface area contributed by atoms with Crippen molar-refractivity contribution in [1.82, 2.24) is 0 Å². The van der Waals surface area contributed by atoms with Crippen LogP contribution in [0.1, 0.15) is 52.0 Å². The van der Waals surface area contributed by atoms with Crippen LogP contribution in [0.15, 0.2) is 36.4 Å². The molecule has 2 rings (SSSR count). The van der Waals surface area contributed by atoms with Crippen LogP contribution in [-0.2, 0) is 14.3 Å². The van der Waals surface area contributed by atoms with E-state index >= 15 is 0 Å². The Hall–Kier alpha value is -1.45. The summed E-state index contributed by atoms with van der Waals surface area (Å²) in [6, 6.07) is 10.4. The molecule has 0 aliphatic heterocycles. The predicted molar refractivity (Wildman–Crippen MR) is 93.0 cm³/mol. The van der Waals surface area contributed by atoms with Crippen LogP contribution >= 0.6 is 0 Å². The zero-order chi connectivity index (χ0) is 16.7. The van der Waals surface area contributed by atoms with Crippen LogP contribution in [0.4, 0.5) is 0 Å². The Kier molecular flexibility index (Phi) is 6.55. The normalized spacial score (nSPS) is 21.3. The van der Waals surface area contributed by atoms with Crippen molar-refractivity contribution in [3.05, 3.63) is 42.0 Å². The summed E-state index contributed by atoms with van der Waals surface area (Å²) in [6.45, 7) is 7.05. The fourth-order valence-electron chi connectivity index (χ4n) is 3.07. The molecule has 0 heterocycles. The number of ether oxygens (including phenoxy) is 2. The lowest BCUT2D eigenvalue weighted by Gasteiger charge is -2.32. The molecule has 0 spiro atoms. The zero-order valence-electron chi connectivity index (χ0n) is 14.5. The highest BCUT2D eigenvalue weighted by Crippen LogP contribution is 2.40. The molecule has 0 saturated heterocycles. The van der Waals surface area contributed by atoms with Crippen molar-refractivity contribution in [3.63, 3.8) is 0 Å². The first kappa shape index (κ1) is 17.9. The van der Waals surface area contributed by atoms with Gasteiger partial charge in [0, 0.05) is 18.6 Å². The smallest absolute Gasteiger partial charge is 0.164 e. The molecule has 0 fully saturated rings. The molecule has 1 aliphatic rings. The van der Waals surface area contributed by atoms with Gasteiger partial charge in [-0.25, -0.2) is 0 Å². The van der Waals surface area contributed by atoms with Crippen LogP contribution in [-0.4, -0.2) is 25.3 Å². The van der Waals surface area contributed by atoms with Crippen molar-refractivity contribution in [2.24, 2.45) is 5.41 Å². The van der Waals surface area contributed by atoms with Crippen molar-refractivity contribution < 1.29 is 14.3 Å². The van der Waals surface area contributed by atoms with Gasteiger partial charge in [-0.05, 0) is 44.2 Å². The lowest BCUT2D eigenvalue weighted by molar-refractivity contribution is -0.157. The van der Waals surface area contributed by atoms with Crippen molar-refractivity contribution in [1.29, 1.82) is 0 Å². The number of Topliss-reactive ketones (excluding diaryl/α,β-unsaturated/α-hetero) is 1. The van der Waals surface area contributed by atoms with Gasteiger partial charge >= 0.3 is 0 Å². The Morgan fingerprint density at radius 3 is 2.35 bits per heavy atom. The molecule has 0 N–H and O–H groups in total. The van der Waals surface area contributed by atoms with Gasteiger partial charge in [0.05, 0.1) is 6.42 Å². The van der Waals surface area contributed by atoms with Crippen molar-refractivity contribution in [2.45, 2.75) is 52.7 Å². The summed E-state index contributed by atoms with van der Waals surface area (Å²) in [5.74, 6) is 0.243. The van der Waals surface area contributed by atoms with E-state index in [1.165, 1.54) is 11.1 Å². The predicted octanol–water partition coefficient (Wildman–Crippen LogP) is 4.62. The summed E-state index contributed by atoms with van der Waals surface area (Å²) in [5, 5.41) is 0. The number of allylic oxidation sites excluding steroid dienone is 2. The van der Waals surface area contributed by atoms with E-state index in [9.17, 15) is 4.79 Å². The topological polar surface area (TPSA) is 35.5 Å². The quantitative estimate of drug-likeness (QED) is 0.657. The lowest BCUT2D eigenvalue weighted by Crippen LogP contribution is -2.33. The first-order valence-corrected chi connectivity index (χ1v) is 8.60. The van der Waals surface area contributed by atoms with E-state index in [0.717, 1.165) is 19.3 Å². The summed E-state index contributed by atoms with van der Waals surface area (Å²) in [5.41, 5.74) is 2.32. The molecule has 0 saturated carbocycles. The van der Waals surface area contributed by atoms with Gasteiger partial charge in [-0.1, -0.05) is 43.3 Å². The number of carbonyl (C=O) groups excluding carboxylic acids is 1. The third-order valence-electron chi connectivity index (χ3n) is 4.62. The minimum absolute atomic E-state index is 0.243. The standard InChI is InChI=1S/C20H28O3/c1-4-22-19(23-5-2)15-18(21)20(3)13-11-17(12-14-20)16-9-7-6-8-10-16/h6-11,19H,4-5,12-15H2,1-3H3. The second kappa shape index (κ2) is 8.42. The Balaban J connectivity index is 2.00. The van der Waals surface area contributed by atoms with E-state index in [0.29, 0.717) is 19.6 Å². The highest BCUT2D eigenvalue weighted by Gasteiger charge is 2.35. The monoisotopic (exact) mass is 316 g/mol. The van der Waals surface area contributed by atoms with Crippen molar-refractivity contribution in [2.75, 3.05) is 13.2 Å². The Bertz CT molecular complexity index is 529. The fraction of sp³-hybridized carbons (Fsp3) is 0.550. The summed E-state index contributed by atoms with van der Waals surface area (Å²) in [6.07, 6.45) is 4.78. The van der Waals surface area contributed by atoms with Crippen molar-refractivity contribution >= 4 is 11.4 Å². The highest BCUT2D eigenvalue weighted by atomic mass is 16.7. The van der Waals surface area contributed by atoms with Crippen LogP contribution in [0.3, 0.4) is 0 Å². The summed E-state index contributed by atoms with van der Waals surface area (Å²) >= 11 is 0. The van der Waals surface area contributed by atoms with E-state index in [4.69, 9.17) is 9.47 Å². The van der Waals surface area contributed by atoms with E-state index in [2.05, 4.69) is 37.3 Å². The number of hydrogen-bond donors (Lipinski definition) is 0. The third kappa shape index (κ3) is 4.76. The fourth-order valence-corrected chi connectivity index (χ4v) is 3.07. The highest BCUT2D eigenvalue weighted by molar-refractivity contribution is 5.86. The van der Waals surface area contributed by atoms with Crippen molar-refractivity contribution in [3.8, 4) is 0 Å².